The van der Waals surface area contributed by atoms with Crippen LogP contribution in [-0.4, -0.2) is 23.2 Å². The zero-order valence-electron chi connectivity index (χ0n) is 4.87. The van der Waals surface area contributed by atoms with E-state index in [-0.39, 0.29) is 12.9 Å². The van der Waals surface area contributed by atoms with E-state index in [1.54, 1.807) is 0 Å². The van der Waals surface area contributed by atoms with Gasteiger partial charge in [-0.15, -0.1) is 0 Å². The second-order valence-corrected chi connectivity index (χ2v) is 0.211. The molecule has 0 aliphatic carbocycles. The van der Waals surface area contributed by atoms with E-state index in [9.17, 15) is 0 Å². The van der Waals surface area contributed by atoms with Crippen molar-refractivity contribution < 1.29 is 19.8 Å². The van der Waals surface area contributed by atoms with E-state index in [0.717, 1.165) is 0 Å². The summed E-state index contributed by atoms with van der Waals surface area (Å²) < 4.78 is 0. The van der Waals surface area contributed by atoms with Gasteiger partial charge in [0, 0.05) is 0 Å². The first-order chi connectivity index (χ1) is 3.83. The van der Waals surface area contributed by atoms with Crippen LogP contribution in [0.2, 0.25) is 0 Å². The van der Waals surface area contributed by atoms with Crippen LogP contribution >= 0.6 is 0 Å². The second-order valence-electron chi connectivity index (χ2n) is 0.211. The van der Waals surface area contributed by atoms with Crippen LogP contribution in [0.4, 0.5) is 0 Å². The van der Waals surface area contributed by atoms with Gasteiger partial charge >= 0.3 is 0 Å². The fraction of sp³-hybridized carbons (Fsp3) is 0.500. The topological polar surface area (TPSA) is 74.6 Å². The quantitative estimate of drug-likeness (QED) is 0.457. The van der Waals surface area contributed by atoms with Crippen LogP contribution in [0.5, 0.6) is 0 Å². The Morgan fingerprint density at radius 3 is 1.00 bits per heavy atom. The van der Waals surface area contributed by atoms with Crippen LogP contribution < -0.4 is 0 Å². The van der Waals surface area contributed by atoms with Gasteiger partial charge in [-0.3, -0.25) is 9.59 Å². The van der Waals surface area contributed by atoms with Gasteiger partial charge in [-0.2, -0.15) is 0 Å². The molecule has 0 amide bonds. The predicted octanol–water partition coefficient (Wildman–Crippen LogP) is 0.428. The third kappa shape index (κ3) is 68.3. The molecule has 0 atom stereocenters. The molecule has 0 aromatic carbocycles. The normalized spacial score (nSPS) is 3.75. The molecule has 0 aromatic rings. The van der Waals surface area contributed by atoms with Gasteiger partial charge in [-0.1, -0.05) is 13.8 Å². The lowest BCUT2D eigenvalue weighted by Gasteiger charge is -1.34. The van der Waals surface area contributed by atoms with Crippen molar-refractivity contribution in [2.75, 3.05) is 0 Å². The smallest absolute Gasteiger partial charge is 0.290 e. The summed E-state index contributed by atoms with van der Waals surface area (Å²) in [7, 11) is 0. The average molecular weight is 122 g/mol. The monoisotopic (exact) mass is 122 g/mol. The fourth-order valence-corrected chi connectivity index (χ4v) is 0. The standard InChI is InChI=1S/C2H6.2CH2O2/c1-2;2*2-1-3/h1-2H3;2*1H,(H,2,3). The summed E-state index contributed by atoms with van der Waals surface area (Å²) >= 11 is 0. The summed E-state index contributed by atoms with van der Waals surface area (Å²) in [5.41, 5.74) is 0. The van der Waals surface area contributed by atoms with Crippen molar-refractivity contribution >= 4 is 12.9 Å². The summed E-state index contributed by atoms with van der Waals surface area (Å²) in [5.74, 6) is 0. The summed E-state index contributed by atoms with van der Waals surface area (Å²) in [6.45, 7) is 3.50. The Bertz CT molecular complexity index is 29.0. The molecule has 0 saturated carbocycles. The van der Waals surface area contributed by atoms with Gasteiger partial charge in [0.1, 0.15) is 0 Å². The van der Waals surface area contributed by atoms with Crippen molar-refractivity contribution in [3.8, 4) is 0 Å². The minimum atomic E-state index is -0.250. The van der Waals surface area contributed by atoms with E-state index < -0.39 is 0 Å². The molecule has 0 bridgehead atoms. The van der Waals surface area contributed by atoms with Crippen molar-refractivity contribution in [3.63, 3.8) is 0 Å². The molecule has 0 saturated heterocycles. The van der Waals surface area contributed by atoms with Crippen molar-refractivity contribution in [3.05, 3.63) is 0 Å². The highest BCUT2D eigenvalue weighted by Crippen LogP contribution is 1.14. The number of hydrogen-bond acceptors (Lipinski definition) is 2. The third-order valence-corrected chi connectivity index (χ3v) is 0. The van der Waals surface area contributed by atoms with Gasteiger partial charge in [0.05, 0.1) is 0 Å². The van der Waals surface area contributed by atoms with Crippen molar-refractivity contribution in [2.45, 2.75) is 13.8 Å². The number of carbonyl (C=O) groups is 2. The van der Waals surface area contributed by atoms with Crippen LogP contribution in [0.3, 0.4) is 0 Å². The van der Waals surface area contributed by atoms with E-state index in [2.05, 4.69) is 0 Å². The highest BCUT2D eigenvalue weighted by Gasteiger charge is 1.22. The summed E-state index contributed by atoms with van der Waals surface area (Å²) in [4.78, 5) is 16.7. The highest BCUT2D eigenvalue weighted by molar-refractivity contribution is 5.32. The van der Waals surface area contributed by atoms with Gasteiger partial charge in [-0.25, -0.2) is 0 Å². The molecule has 4 heteroatoms. The third-order valence-electron chi connectivity index (χ3n) is 0. The summed E-state index contributed by atoms with van der Waals surface area (Å²) in [5, 5.41) is 13.8. The molecule has 0 spiro atoms. The minimum Gasteiger partial charge on any atom is -0.483 e. The molecule has 0 aromatic heterocycles. The Morgan fingerprint density at radius 2 is 1.00 bits per heavy atom. The maximum absolute atomic E-state index is 8.36. The van der Waals surface area contributed by atoms with Gasteiger partial charge in [0.15, 0.2) is 0 Å². The van der Waals surface area contributed by atoms with E-state index in [1.165, 1.54) is 0 Å². The van der Waals surface area contributed by atoms with Crippen LogP contribution in [0, 0.1) is 0 Å². The molecular weight excluding hydrogens is 112 g/mol. The molecule has 0 heterocycles. The van der Waals surface area contributed by atoms with E-state index in [0.29, 0.717) is 0 Å². The molecule has 50 valence electrons. The van der Waals surface area contributed by atoms with E-state index in [4.69, 9.17) is 19.8 Å². The van der Waals surface area contributed by atoms with Crippen molar-refractivity contribution in [2.24, 2.45) is 0 Å². The Kier molecular flexibility index (Phi) is 323. The Balaban J connectivity index is -0.0000000483. The SMILES string of the molecule is CC.O=CO.O=CO. The molecule has 2 N–H and O–H groups in total. The second kappa shape index (κ2) is 164. The van der Waals surface area contributed by atoms with E-state index >= 15 is 0 Å². The minimum absolute atomic E-state index is 0.250. The fourth-order valence-electron chi connectivity index (χ4n) is 0. The molecule has 4 nitrogen and oxygen atoms in total. The first-order valence-electron chi connectivity index (χ1n) is 1.99. The lowest BCUT2D eigenvalue weighted by Crippen LogP contribution is -1.49. The number of rotatable bonds is 0. The van der Waals surface area contributed by atoms with Gasteiger partial charge in [-0.05, 0) is 0 Å². The number of hydrogen-bond donors (Lipinski definition) is 2. The molecule has 0 rings (SSSR count). The van der Waals surface area contributed by atoms with Crippen molar-refractivity contribution in [1.82, 2.24) is 0 Å². The molecule has 0 radical (unpaired) electrons. The zero-order valence-corrected chi connectivity index (χ0v) is 4.87. The van der Waals surface area contributed by atoms with E-state index in [1.807, 2.05) is 13.8 Å². The van der Waals surface area contributed by atoms with Crippen molar-refractivity contribution in [1.29, 1.82) is 0 Å². The predicted molar refractivity (Wildman–Crippen MR) is 28.7 cm³/mol. The molecule has 0 unspecified atom stereocenters. The first-order valence-corrected chi connectivity index (χ1v) is 1.99. The van der Waals surface area contributed by atoms with Crippen LogP contribution in [0.25, 0.3) is 0 Å². The molecule has 0 aliphatic heterocycles. The van der Waals surface area contributed by atoms with Gasteiger partial charge in [0.25, 0.3) is 12.9 Å². The maximum atomic E-state index is 8.36. The zero-order chi connectivity index (χ0) is 7.41. The number of carboxylic acid groups (broad SMARTS) is 2. The highest BCUT2D eigenvalue weighted by atomic mass is 16.3. The maximum Gasteiger partial charge on any atom is 0.290 e. The summed E-state index contributed by atoms with van der Waals surface area (Å²) in [6, 6.07) is 0. The lowest BCUT2D eigenvalue weighted by atomic mass is 11.0. The Morgan fingerprint density at radius 1 is 1.00 bits per heavy atom. The van der Waals surface area contributed by atoms with Crippen LogP contribution in [0.15, 0.2) is 0 Å². The molecular formula is C4H10O4. The summed E-state index contributed by atoms with van der Waals surface area (Å²) in [6.07, 6.45) is 0. The van der Waals surface area contributed by atoms with Gasteiger partial charge in [0.2, 0.25) is 0 Å². The lowest BCUT2D eigenvalue weighted by molar-refractivity contribution is -0.123. The molecule has 0 fully saturated rings. The van der Waals surface area contributed by atoms with Gasteiger partial charge < -0.3 is 10.2 Å². The largest absolute Gasteiger partial charge is 0.483 e. The van der Waals surface area contributed by atoms with Crippen LogP contribution in [-0.2, 0) is 9.59 Å². The Hall–Kier alpha value is -1.06. The first kappa shape index (κ1) is 15.8. The van der Waals surface area contributed by atoms with Crippen LogP contribution in [0.1, 0.15) is 13.8 Å². The molecule has 8 heavy (non-hydrogen) atoms. The Labute approximate surface area is 47.8 Å². The average Bonchev–Trinajstić information content (AvgIpc) is 1.75. The molecule has 0 aliphatic rings.